The molecule has 0 radical (unpaired) electrons. The van der Waals surface area contributed by atoms with Crippen molar-refractivity contribution < 1.29 is 0 Å². The molecule has 2 unspecified atom stereocenters. The van der Waals surface area contributed by atoms with Crippen LogP contribution in [0.15, 0.2) is 152 Å². The Balaban J connectivity index is 1.10. The van der Waals surface area contributed by atoms with Gasteiger partial charge in [-0.1, -0.05) is 134 Å². The first-order valence-corrected chi connectivity index (χ1v) is 20.5. The summed E-state index contributed by atoms with van der Waals surface area (Å²) in [6.07, 6.45) is 22.5. The van der Waals surface area contributed by atoms with Gasteiger partial charge in [0.15, 0.2) is 5.82 Å². The Bertz CT molecular complexity index is 2980. The summed E-state index contributed by atoms with van der Waals surface area (Å²) in [5.74, 6) is 2.50. The van der Waals surface area contributed by atoms with Gasteiger partial charge >= 0.3 is 0 Å². The zero-order valence-corrected chi connectivity index (χ0v) is 31.8. The first kappa shape index (κ1) is 33.1. The number of rotatable bonds is 6. The van der Waals surface area contributed by atoms with E-state index >= 15 is 0 Å². The van der Waals surface area contributed by atoms with Gasteiger partial charge in [0, 0.05) is 38.7 Å². The molecule has 3 aliphatic carbocycles. The number of hydrogen-bond donors (Lipinski definition) is 0. The lowest BCUT2D eigenvalue weighted by atomic mass is 9.82. The van der Waals surface area contributed by atoms with Gasteiger partial charge in [0.25, 0.3) is 0 Å². The summed E-state index contributed by atoms with van der Waals surface area (Å²) in [5.41, 5.74) is 13.0. The standard InChI is InChI=1S/C52H44N4/c1-2-39-50(35-17-5-3-6-18-35)53-51(36-19-7-4-8-20-36)54-52(39)56-47-26-14-12-24-42(47)44-31-29-38(33-49(44)56)37-28-30-43-41-23-11-13-25-46(41)55(48(43)32-37)45-27-15-21-34-16-9-10-22-40(34)45/h3-7,9-17,19,21-27,29,31,33,35,37H,2,8,18,20,28,30,32H2,1H3. The molecule has 56 heavy (non-hydrogen) atoms. The van der Waals surface area contributed by atoms with Crippen LogP contribution in [0.5, 0.6) is 0 Å². The maximum Gasteiger partial charge on any atom is 0.157 e. The number of benzene rings is 5. The first-order chi connectivity index (χ1) is 27.7. The van der Waals surface area contributed by atoms with Crippen LogP contribution in [-0.2, 0) is 19.3 Å². The second kappa shape index (κ2) is 13.5. The van der Waals surface area contributed by atoms with Crippen molar-refractivity contribution in [2.45, 2.75) is 63.7 Å². The van der Waals surface area contributed by atoms with Crippen molar-refractivity contribution in [1.82, 2.24) is 19.1 Å². The van der Waals surface area contributed by atoms with Gasteiger partial charge in [-0.3, -0.25) is 4.57 Å². The molecular formula is C52H44N4. The molecule has 0 fully saturated rings. The normalized spacial score (nSPS) is 18.0. The third kappa shape index (κ3) is 5.27. The quantitative estimate of drug-likeness (QED) is 0.171. The number of aromatic nitrogens is 4. The van der Waals surface area contributed by atoms with E-state index in [1.54, 1.807) is 0 Å². The van der Waals surface area contributed by atoms with E-state index in [2.05, 4.69) is 168 Å². The largest absolute Gasteiger partial charge is 0.313 e. The van der Waals surface area contributed by atoms with Gasteiger partial charge in [0.1, 0.15) is 5.82 Å². The van der Waals surface area contributed by atoms with Crippen molar-refractivity contribution in [1.29, 1.82) is 0 Å². The predicted octanol–water partition coefficient (Wildman–Crippen LogP) is 12.8. The molecule has 11 rings (SSSR count). The maximum absolute atomic E-state index is 5.54. The van der Waals surface area contributed by atoms with Gasteiger partial charge < -0.3 is 4.57 Å². The molecule has 4 nitrogen and oxygen atoms in total. The van der Waals surface area contributed by atoms with Crippen LogP contribution in [0, 0.1) is 0 Å². The van der Waals surface area contributed by atoms with Crippen LogP contribution in [0.1, 0.15) is 78.3 Å². The highest BCUT2D eigenvalue weighted by Gasteiger charge is 2.29. The van der Waals surface area contributed by atoms with E-state index in [1.807, 2.05) is 0 Å². The maximum atomic E-state index is 5.54. The summed E-state index contributed by atoms with van der Waals surface area (Å²) in [7, 11) is 0. The predicted molar refractivity (Wildman–Crippen MR) is 233 cm³/mol. The van der Waals surface area contributed by atoms with Crippen LogP contribution in [0.25, 0.3) is 60.6 Å². The second-order valence-corrected chi connectivity index (χ2v) is 15.7. The Labute approximate surface area is 327 Å². The number of allylic oxidation sites excluding steroid dienone is 8. The molecule has 0 bridgehead atoms. The average Bonchev–Trinajstić information content (AvgIpc) is 3.78. The summed E-state index contributed by atoms with van der Waals surface area (Å²) in [6.45, 7) is 2.27. The topological polar surface area (TPSA) is 35.6 Å². The zero-order chi connectivity index (χ0) is 37.2. The fourth-order valence-electron chi connectivity index (χ4n) is 9.98. The number of fused-ring (bicyclic) bond motifs is 7. The zero-order valence-electron chi connectivity index (χ0n) is 31.8. The van der Waals surface area contributed by atoms with Crippen LogP contribution in [-0.4, -0.2) is 19.1 Å². The van der Waals surface area contributed by atoms with Crippen molar-refractivity contribution in [3.8, 4) is 11.5 Å². The van der Waals surface area contributed by atoms with E-state index in [9.17, 15) is 0 Å². The van der Waals surface area contributed by atoms with Gasteiger partial charge in [0.2, 0.25) is 0 Å². The van der Waals surface area contributed by atoms with Gasteiger partial charge in [-0.15, -0.1) is 0 Å². The Morgan fingerprint density at radius 3 is 2.29 bits per heavy atom. The first-order valence-electron chi connectivity index (χ1n) is 20.5. The van der Waals surface area contributed by atoms with Crippen LogP contribution in [0.2, 0.25) is 0 Å². The molecule has 272 valence electrons. The number of nitrogens with zero attached hydrogens (tertiary/aromatic N) is 4. The van der Waals surface area contributed by atoms with Crippen molar-refractivity contribution in [2.24, 2.45) is 0 Å². The minimum absolute atomic E-state index is 0.226. The summed E-state index contributed by atoms with van der Waals surface area (Å²) < 4.78 is 5.06. The molecule has 5 aromatic carbocycles. The SMILES string of the molecule is CCc1c(C2C=CC=CC2)nc(C2=CC=CCC2)nc1-n1c2ccccc2c2ccc(C3CCc4c(n(-c5cccc6ccccc56)c5ccccc45)C3)cc21. The van der Waals surface area contributed by atoms with Crippen LogP contribution >= 0.6 is 0 Å². The summed E-state index contributed by atoms with van der Waals surface area (Å²) in [4.78, 5) is 10.9. The molecule has 2 atom stereocenters. The highest BCUT2D eigenvalue weighted by molar-refractivity contribution is 6.09. The Hall–Kier alpha value is -6.26. The second-order valence-electron chi connectivity index (χ2n) is 15.7. The molecule has 3 heterocycles. The van der Waals surface area contributed by atoms with Gasteiger partial charge in [-0.25, -0.2) is 9.97 Å². The Morgan fingerprint density at radius 1 is 0.679 bits per heavy atom. The van der Waals surface area contributed by atoms with E-state index in [4.69, 9.17) is 9.97 Å². The lowest BCUT2D eigenvalue weighted by Gasteiger charge is -2.26. The summed E-state index contributed by atoms with van der Waals surface area (Å²) >= 11 is 0. The highest BCUT2D eigenvalue weighted by atomic mass is 15.1. The molecule has 4 heteroatoms. The van der Waals surface area contributed by atoms with Crippen LogP contribution in [0.3, 0.4) is 0 Å². The molecule has 3 aromatic heterocycles. The van der Waals surface area contributed by atoms with Gasteiger partial charge in [-0.2, -0.15) is 0 Å². The van der Waals surface area contributed by atoms with Gasteiger partial charge in [0.05, 0.1) is 27.9 Å². The minimum Gasteiger partial charge on any atom is -0.313 e. The molecule has 0 aliphatic heterocycles. The highest BCUT2D eigenvalue weighted by Crippen LogP contribution is 2.43. The summed E-state index contributed by atoms with van der Waals surface area (Å²) in [6, 6.07) is 40.8. The lowest BCUT2D eigenvalue weighted by molar-refractivity contribution is 0.573. The number of aryl methyl sites for hydroxylation is 1. The van der Waals surface area contributed by atoms with Crippen molar-refractivity contribution in [3.05, 3.63) is 186 Å². The number of para-hydroxylation sites is 2. The van der Waals surface area contributed by atoms with Crippen molar-refractivity contribution >= 4 is 49.1 Å². The third-order valence-electron chi connectivity index (χ3n) is 12.7. The molecule has 3 aliphatic rings. The molecule has 0 saturated carbocycles. The minimum atomic E-state index is 0.226. The smallest absolute Gasteiger partial charge is 0.157 e. The Kier molecular flexibility index (Phi) is 7.98. The molecular weight excluding hydrogens is 681 g/mol. The molecule has 0 N–H and O–H groups in total. The van der Waals surface area contributed by atoms with Crippen molar-refractivity contribution in [3.63, 3.8) is 0 Å². The number of hydrogen-bond acceptors (Lipinski definition) is 2. The van der Waals surface area contributed by atoms with E-state index in [-0.39, 0.29) is 5.92 Å². The van der Waals surface area contributed by atoms with E-state index < -0.39 is 0 Å². The van der Waals surface area contributed by atoms with Crippen LogP contribution in [0.4, 0.5) is 0 Å². The molecule has 0 spiro atoms. The van der Waals surface area contributed by atoms with E-state index in [0.29, 0.717) is 5.92 Å². The monoisotopic (exact) mass is 724 g/mol. The van der Waals surface area contributed by atoms with Gasteiger partial charge in [-0.05, 0) is 97.2 Å². The molecule has 0 saturated heterocycles. The fraction of sp³-hybridized carbons (Fsp3) is 0.192. The Morgan fingerprint density at radius 2 is 1.46 bits per heavy atom. The van der Waals surface area contributed by atoms with E-state index in [1.165, 1.54) is 77.1 Å². The average molecular weight is 725 g/mol. The molecule has 8 aromatic rings. The van der Waals surface area contributed by atoms with Crippen LogP contribution < -0.4 is 0 Å². The third-order valence-corrected chi connectivity index (χ3v) is 12.7. The van der Waals surface area contributed by atoms with E-state index in [0.717, 1.165) is 62.3 Å². The lowest BCUT2D eigenvalue weighted by Crippen LogP contribution is -2.16. The summed E-state index contributed by atoms with van der Waals surface area (Å²) in [5, 5.41) is 6.49. The molecule has 0 amide bonds. The fourth-order valence-corrected chi connectivity index (χ4v) is 9.98. The van der Waals surface area contributed by atoms with Crippen molar-refractivity contribution in [2.75, 3.05) is 0 Å².